The number of nitrogens with two attached hydrogens (primary N) is 1. The molecule has 3 heterocycles. The third-order valence-electron chi connectivity index (χ3n) is 6.73. The van der Waals surface area contributed by atoms with Gasteiger partial charge in [-0.3, -0.25) is 14.2 Å². The van der Waals surface area contributed by atoms with Gasteiger partial charge in [0.2, 0.25) is 0 Å². The van der Waals surface area contributed by atoms with Crippen LogP contribution in [0.5, 0.6) is 0 Å². The van der Waals surface area contributed by atoms with Crippen LogP contribution in [-0.4, -0.2) is 58.4 Å². The number of anilines is 1. The average molecular weight is 531 g/mol. The third-order valence-corrected chi connectivity index (χ3v) is 7.06. The molecule has 2 fully saturated rings. The molecule has 0 amide bonds. The van der Waals surface area contributed by atoms with Gasteiger partial charge >= 0.3 is 0 Å². The number of hydrogen-bond acceptors (Lipinski definition) is 7. The molecule has 0 radical (unpaired) electrons. The largest absolute Gasteiger partial charge is 0.481 e. The lowest BCUT2D eigenvalue weighted by atomic mass is 9.84. The topological polar surface area (TPSA) is 123 Å². The number of H-pyrrole nitrogens is 1. The number of hydrogen-bond donors (Lipinski definition) is 3. The Bertz CT molecular complexity index is 1360. The van der Waals surface area contributed by atoms with Gasteiger partial charge in [0.25, 0.3) is 11.5 Å². The molecule has 0 bridgehead atoms. The van der Waals surface area contributed by atoms with Crippen LogP contribution in [0.1, 0.15) is 25.3 Å². The summed E-state index contributed by atoms with van der Waals surface area (Å²) in [7, 11) is 0. The highest BCUT2D eigenvalue weighted by Crippen LogP contribution is 2.43. The van der Waals surface area contributed by atoms with Crippen molar-refractivity contribution in [3.05, 3.63) is 69.0 Å². The van der Waals surface area contributed by atoms with E-state index in [1.165, 1.54) is 12.1 Å². The molecule has 2 saturated heterocycles. The molecule has 198 valence electrons. The number of aromatic nitrogens is 2. The fourth-order valence-corrected chi connectivity index (χ4v) is 5.29. The third kappa shape index (κ3) is 6.07. The number of fused-ring (bicyclic) bond motifs is 1. The Labute approximate surface area is 218 Å². The first-order chi connectivity index (χ1) is 17.7. The summed E-state index contributed by atoms with van der Waals surface area (Å²) in [5, 5.41) is 7.99. The minimum atomic E-state index is -0.833. The number of carboxylic acid groups (broad SMARTS) is 1. The number of likely N-dealkylation sites (tertiary alicyclic amines) is 1. The molecule has 11 heteroatoms. The summed E-state index contributed by atoms with van der Waals surface area (Å²) >= 11 is 5.43. The summed E-state index contributed by atoms with van der Waals surface area (Å²) in [5.41, 5.74) is 7.83. The number of carbonyl (C=O) groups is 1. The SMILES string of the molecule is CC(=O)O.Nc1ccc2c(=O)n(CCN3CCC(C4(c5ccc(F)cc5)OCCO4)CC3)c(=S)[nH]c2c1. The van der Waals surface area contributed by atoms with Crippen molar-refractivity contribution in [1.82, 2.24) is 14.5 Å². The lowest BCUT2D eigenvalue weighted by Gasteiger charge is -2.41. The van der Waals surface area contributed by atoms with Gasteiger partial charge in [-0.05, 0) is 68.5 Å². The lowest BCUT2D eigenvalue weighted by Crippen LogP contribution is -2.45. The molecule has 37 heavy (non-hydrogen) atoms. The predicted molar refractivity (Wildman–Crippen MR) is 140 cm³/mol. The normalized spacial score (nSPS) is 17.9. The molecular weight excluding hydrogens is 499 g/mol. The minimum Gasteiger partial charge on any atom is -0.481 e. The van der Waals surface area contributed by atoms with Crippen LogP contribution in [0, 0.1) is 16.5 Å². The zero-order chi connectivity index (χ0) is 26.6. The van der Waals surface area contributed by atoms with Crippen LogP contribution in [0.25, 0.3) is 10.9 Å². The first kappa shape index (κ1) is 26.9. The second kappa shape index (κ2) is 11.5. The Morgan fingerprint density at radius 2 is 1.78 bits per heavy atom. The van der Waals surface area contributed by atoms with E-state index in [1.807, 2.05) is 0 Å². The van der Waals surface area contributed by atoms with Gasteiger partial charge in [-0.15, -0.1) is 0 Å². The van der Waals surface area contributed by atoms with Crippen LogP contribution in [0.4, 0.5) is 10.1 Å². The number of rotatable bonds is 5. The summed E-state index contributed by atoms with van der Waals surface area (Å²) in [6.07, 6.45) is 1.77. The maximum Gasteiger partial charge on any atom is 0.300 e. The maximum absolute atomic E-state index is 13.4. The highest BCUT2D eigenvalue weighted by molar-refractivity contribution is 7.71. The fourth-order valence-electron chi connectivity index (χ4n) is 5.00. The van der Waals surface area contributed by atoms with Crippen LogP contribution >= 0.6 is 12.2 Å². The van der Waals surface area contributed by atoms with E-state index < -0.39 is 11.8 Å². The fraction of sp³-hybridized carbons (Fsp3) is 0.423. The number of nitrogen functional groups attached to an aromatic ring is 1. The van der Waals surface area contributed by atoms with Crippen molar-refractivity contribution >= 4 is 34.8 Å². The lowest BCUT2D eigenvalue weighted by molar-refractivity contribution is -0.214. The van der Waals surface area contributed by atoms with E-state index in [0.717, 1.165) is 45.0 Å². The van der Waals surface area contributed by atoms with Crippen molar-refractivity contribution < 1.29 is 23.8 Å². The van der Waals surface area contributed by atoms with Crippen LogP contribution in [0.3, 0.4) is 0 Å². The molecular formula is C26H31FN4O5S. The number of nitrogens with one attached hydrogen (secondary N) is 1. The van der Waals surface area contributed by atoms with Crippen molar-refractivity contribution in [3.8, 4) is 0 Å². The monoisotopic (exact) mass is 530 g/mol. The van der Waals surface area contributed by atoms with Gasteiger partial charge in [0.1, 0.15) is 5.82 Å². The highest BCUT2D eigenvalue weighted by Gasteiger charge is 2.46. The molecule has 0 saturated carbocycles. The van der Waals surface area contributed by atoms with E-state index in [4.69, 9.17) is 37.3 Å². The van der Waals surface area contributed by atoms with Crippen molar-refractivity contribution in [3.63, 3.8) is 0 Å². The Morgan fingerprint density at radius 1 is 1.16 bits per heavy atom. The maximum atomic E-state index is 13.4. The Kier molecular flexibility index (Phi) is 8.38. The van der Waals surface area contributed by atoms with Crippen molar-refractivity contribution in [2.75, 3.05) is 38.6 Å². The number of ether oxygens (including phenoxy) is 2. The van der Waals surface area contributed by atoms with Crippen LogP contribution < -0.4 is 11.3 Å². The van der Waals surface area contributed by atoms with Gasteiger partial charge in [0.05, 0.1) is 24.1 Å². The molecule has 0 aliphatic carbocycles. The standard InChI is InChI=1S/C24H27FN4O3S.C2H4O2/c25-18-3-1-16(2-4-18)24(31-13-14-32-24)17-7-9-28(10-8-17)11-12-29-22(30)20-6-5-19(26)15-21(20)27-23(29)33;1-2(3)4/h1-6,15,17H,7-14,26H2,(H,27,33);1H3,(H,3,4). The molecule has 0 atom stereocenters. The van der Waals surface area contributed by atoms with Crippen LogP contribution in [0.15, 0.2) is 47.3 Å². The molecule has 1 aromatic heterocycles. The second-order valence-electron chi connectivity index (χ2n) is 9.20. The summed E-state index contributed by atoms with van der Waals surface area (Å²) in [4.78, 5) is 27.4. The van der Waals surface area contributed by atoms with Gasteiger partial charge in [-0.1, -0.05) is 12.1 Å². The van der Waals surface area contributed by atoms with E-state index in [-0.39, 0.29) is 17.3 Å². The second-order valence-corrected chi connectivity index (χ2v) is 9.58. The van der Waals surface area contributed by atoms with E-state index in [0.29, 0.717) is 41.1 Å². The quantitative estimate of drug-likeness (QED) is 0.339. The Hall–Kier alpha value is -3.12. The first-order valence-corrected chi connectivity index (χ1v) is 12.6. The van der Waals surface area contributed by atoms with Crippen molar-refractivity contribution in [2.24, 2.45) is 5.92 Å². The molecule has 0 spiro atoms. The molecule has 5 rings (SSSR count). The Morgan fingerprint density at radius 3 is 2.41 bits per heavy atom. The van der Waals surface area contributed by atoms with Gasteiger partial charge in [-0.25, -0.2) is 4.39 Å². The number of aromatic amines is 1. The van der Waals surface area contributed by atoms with Crippen molar-refractivity contribution in [1.29, 1.82) is 0 Å². The molecule has 2 aliphatic heterocycles. The number of benzene rings is 2. The van der Waals surface area contributed by atoms with Crippen LogP contribution in [0.2, 0.25) is 0 Å². The van der Waals surface area contributed by atoms with Gasteiger partial charge in [-0.2, -0.15) is 0 Å². The number of nitrogens with zero attached hydrogens (tertiary/aromatic N) is 2. The predicted octanol–water partition coefficient (Wildman–Crippen LogP) is 3.48. The number of piperidine rings is 1. The van der Waals surface area contributed by atoms with Gasteiger partial charge in [0.15, 0.2) is 10.6 Å². The average Bonchev–Trinajstić information content (AvgIpc) is 3.35. The molecule has 2 aromatic carbocycles. The zero-order valence-electron chi connectivity index (χ0n) is 20.6. The number of carboxylic acids is 1. The van der Waals surface area contributed by atoms with E-state index in [2.05, 4.69) is 9.88 Å². The molecule has 0 unspecified atom stereocenters. The van der Waals surface area contributed by atoms with E-state index in [1.54, 1.807) is 34.9 Å². The first-order valence-electron chi connectivity index (χ1n) is 12.2. The zero-order valence-corrected chi connectivity index (χ0v) is 21.4. The summed E-state index contributed by atoms with van der Waals surface area (Å²) < 4.78 is 27.7. The Balaban J connectivity index is 0.000000747. The number of halogens is 1. The molecule has 2 aliphatic rings. The van der Waals surface area contributed by atoms with Gasteiger partial charge in [0, 0.05) is 37.2 Å². The molecule has 4 N–H and O–H groups in total. The van der Waals surface area contributed by atoms with Crippen molar-refractivity contribution in [2.45, 2.75) is 32.1 Å². The number of aliphatic carboxylic acids is 1. The summed E-state index contributed by atoms with van der Waals surface area (Å²) in [5.74, 6) is -1.73. The molecule has 3 aromatic rings. The van der Waals surface area contributed by atoms with E-state index >= 15 is 0 Å². The molecule has 9 nitrogen and oxygen atoms in total. The van der Waals surface area contributed by atoms with Gasteiger partial charge < -0.3 is 30.2 Å². The summed E-state index contributed by atoms with van der Waals surface area (Å²) in [6, 6.07) is 11.6. The smallest absolute Gasteiger partial charge is 0.300 e. The van der Waals surface area contributed by atoms with E-state index in [9.17, 15) is 9.18 Å². The highest BCUT2D eigenvalue weighted by atomic mass is 32.1. The van der Waals surface area contributed by atoms with Crippen LogP contribution in [-0.2, 0) is 26.6 Å². The summed E-state index contributed by atoms with van der Waals surface area (Å²) in [6.45, 7) is 5.09. The minimum absolute atomic E-state index is 0.105.